The van der Waals surface area contributed by atoms with Crippen molar-refractivity contribution in [2.45, 2.75) is 24.7 Å². The molecule has 2 rings (SSSR count). The standard InChI is InChI=1S/C9H9F2NO.C4H6O6/c10-6-1-5-2-7(12)4-13-9(5)8(11)3-6;5-1(3(7)8)2(6)4(9)10/h1,3,7H,2,4,12H2;1-2,5-6H,(H,7,8)(H,9,10)/t7-;1-,2-/m00/s1. The quantitative estimate of drug-likeness (QED) is 0.477. The summed E-state index contributed by atoms with van der Waals surface area (Å²) in [5.41, 5.74) is 6.09. The molecular weight excluding hydrogens is 320 g/mol. The molecule has 0 aliphatic carbocycles. The molecule has 1 aliphatic rings. The Morgan fingerprint density at radius 2 is 1.70 bits per heavy atom. The minimum atomic E-state index is -2.27. The Bertz CT molecular complexity index is 578. The van der Waals surface area contributed by atoms with Crippen LogP contribution in [0.25, 0.3) is 0 Å². The van der Waals surface area contributed by atoms with E-state index in [-0.39, 0.29) is 18.4 Å². The van der Waals surface area contributed by atoms with E-state index in [1.54, 1.807) is 0 Å². The predicted molar refractivity (Wildman–Crippen MR) is 70.8 cm³/mol. The second-order valence-corrected chi connectivity index (χ2v) is 4.72. The van der Waals surface area contributed by atoms with Crippen molar-refractivity contribution < 1.29 is 43.5 Å². The SMILES string of the molecule is N[C@@H]1COc2c(F)cc(F)cc2C1.O=C(O)[C@@H](O)[C@H](O)C(=O)O. The van der Waals surface area contributed by atoms with Crippen molar-refractivity contribution in [1.82, 2.24) is 0 Å². The van der Waals surface area contributed by atoms with Crippen LogP contribution in [-0.2, 0) is 16.0 Å². The highest BCUT2D eigenvalue weighted by molar-refractivity contribution is 5.83. The monoisotopic (exact) mass is 335 g/mol. The number of hydrogen-bond donors (Lipinski definition) is 5. The first-order chi connectivity index (χ1) is 10.6. The Morgan fingerprint density at radius 3 is 2.17 bits per heavy atom. The average molecular weight is 335 g/mol. The van der Waals surface area contributed by atoms with Gasteiger partial charge in [0, 0.05) is 17.7 Å². The topological polar surface area (TPSA) is 150 Å². The van der Waals surface area contributed by atoms with Gasteiger partial charge in [0.15, 0.2) is 23.8 Å². The van der Waals surface area contributed by atoms with Gasteiger partial charge < -0.3 is 30.9 Å². The summed E-state index contributed by atoms with van der Waals surface area (Å²) < 4.78 is 30.9. The molecule has 128 valence electrons. The molecule has 0 amide bonds. The van der Waals surface area contributed by atoms with Crippen molar-refractivity contribution in [1.29, 1.82) is 0 Å². The highest BCUT2D eigenvalue weighted by atomic mass is 19.1. The van der Waals surface area contributed by atoms with Crippen LogP contribution in [0.3, 0.4) is 0 Å². The first-order valence-corrected chi connectivity index (χ1v) is 6.31. The molecule has 0 fully saturated rings. The second kappa shape index (κ2) is 7.81. The molecule has 10 heteroatoms. The van der Waals surface area contributed by atoms with Crippen molar-refractivity contribution in [3.63, 3.8) is 0 Å². The third-order valence-electron chi connectivity index (χ3n) is 2.81. The molecule has 3 atom stereocenters. The number of halogens is 2. The molecule has 23 heavy (non-hydrogen) atoms. The number of rotatable bonds is 3. The van der Waals surface area contributed by atoms with Gasteiger partial charge >= 0.3 is 11.9 Å². The predicted octanol–water partition coefficient (Wildman–Crippen LogP) is -0.896. The van der Waals surface area contributed by atoms with E-state index >= 15 is 0 Å². The number of aliphatic hydroxyl groups excluding tert-OH is 2. The molecule has 0 radical (unpaired) electrons. The summed E-state index contributed by atoms with van der Waals surface area (Å²) >= 11 is 0. The van der Waals surface area contributed by atoms with E-state index < -0.39 is 35.8 Å². The number of aliphatic hydroxyl groups is 2. The molecule has 0 bridgehead atoms. The van der Waals surface area contributed by atoms with Crippen LogP contribution in [0.2, 0.25) is 0 Å². The van der Waals surface area contributed by atoms with Crippen LogP contribution in [0.1, 0.15) is 5.56 Å². The third-order valence-corrected chi connectivity index (χ3v) is 2.81. The molecule has 6 N–H and O–H groups in total. The van der Waals surface area contributed by atoms with E-state index in [1.807, 2.05) is 0 Å². The molecule has 1 aromatic carbocycles. The summed E-state index contributed by atoms with van der Waals surface area (Å²) in [6.45, 7) is 0.287. The number of benzene rings is 1. The number of nitrogens with two attached hydrogens (primary N) is 1. The van der Waals surface area contributed by atoms with E-state index in [4.69, 9.17) is 30.9 Å². The summed E-state index contributed by atoms with van der Waals surface area (Å²) in [7, 11) is 0. The third kappa shape index (κ3) is 5.13. The molecule has 8 nitrogen and oxygen atoms in total. The minimum absolute atomic E-state index is 0.142. The molecule has 1 aromatic rings. The Balaban J connectivity index is 0.000000241. The van der Waals surface area contributed by atoms with Gasteiger partial charge in [-0.15, -0.1) is 0 Å². The van der Waals surface area contributed by atoms with E-state index in [1.165, 1.54) is 6.07 Å². The van der Waals surface area contributed by atoms with Crippen LogP contribution in [-0.4, -0.2) is 57.2 Å². The van der Waals surface area contributed by atoms with Crippen molar-refractivity contribution in [2.24, 2.45) is 5.73 Å². The highest BCUT2D eigenvalue weighted by Gasteiger charge is 2.29. The zero-order valence-corrected chi connectivity index (χ0v) is 11.6. The fourth-order valence-corrected chi connectivity index (χ4v) is 1.73. The Hall–Kier alpha value is -2.30. The number of hydrogen-bond acceptors (Lipinski definition) is 6. The second-order valence-electron chi connectivity index (χ2n) is 4.72. The number of carboxylic acid groups (broad SMARTS) is 2. The van der Waals surface area contributed by atoms with Crippen molar-refractivity contribution in [3.8, 4) is 5.75 Å². The fourth-order valence-electron chi connectivity index (χ4n) is 1.73. The lowest BCUT2D eigenvalue weighted by Crippen LogP contribution is -2.39. The maximum Gasteiger partial charge on any atom is 0.335 e. The Kier molecular flexibility index (Phi) is 6.37. The first-order valence-electron chi connectivity index (χ1n) is 6.31. The fraction of sp³-hybridized carbons (Fsp3) is 0.385. The molecule has 0 spiro atoms. The van der Waals surface area contributed by atoms with Crippen molar-refractivity contribution in [3.05, 3.63) is 29.3 Å². The average Bonchev–Trinajstić information content (AvgIpc) is 2.45. The zero-order chi connectivity index (χ0) is 17.7. The minimum Gasteiger partial charge on any atom is -0.489 e. The van der Waals surface area contributed by atoms with Gasteiger partial charge in [0.2, 0.25) is 0 Å². The maximum absolute atomic E-state index is 13.1. The Morgan fingerprint density at radius 1 is 1.17 bits per heavy atom. The summed E-state index contributed by atoms with van der Waals surface area (Å²) in [5.74, 6) is -4.64. The largest absolute Gasteiger partial charge is 0.489 e. The van der Waals surface area contributed by atoms with Crippen LogP contribution in [0.5, 0.6) is 5.75 Å². The zero-order valence-electron chi connectivity index (χ0n) is 11.6. The summed E-state index contributed by atoms with van der Waals surface area (Å²) in [6, 6.07) is 1.90. The molecule has 0 saturated heterocycles. The molecule has 0 unspecified atom stereocenters. The van der Waals surface area contributed by atoms with Gasteiger partial charge in [-0.3, -0.25) is 0 Å². The Labute approximate surface area is 128 Å². The van der Waals surface area contributed by atoms with Crippen LogP contribution in [0, 0.1) is 11.6 Å². The lowest BCUT2D eigenvalue weighted by Gasteiger charge is -2.22. The van der Waals surface area contributed by atoms with E-state index in [0.717, 1.165) is 6.07 Å². The lowest BCUT2D eigenvalue weighted by molar-refractivity contribution is -0.165. The number of carbonyl (C=O) groups is 2. The number of ether oxygens (including phenoxy) is 1. The molecule has 0 saturated carbocycles. The number of carboxylic acids is 2. The van der Waals surface area contributed by atoms with Crippen LogP contribution in [0.4, 0.5) is 8.78 Å². The van der Waals surface area contributed by atoms with Crippen LogP contribution < -0.4 is 10.5 Å². The van der Waals surface area contributed by atoms with Gasteiger partial charge in [0.05, 0.1) is 0 Å². The van der Waals surface area contributed by atoms with Gasteiger partial charge in [-0.2, -0.15) is 0 Å². The van der Waals surface area contributed by atoms with Gasteiger partial charge in [-0.1, -0.05) is 0 Å². The van der Waals surface area contributed by atoms with Crippen LogP contribution >= 0.6 is 0 Å². The van der Waals surface area contributed by atoms with Gasteiger partial charge in [0.25, 0.3) is 0 Å². The molecule has 1 heterocycles. The van der Waals surface area contributed by atoms with E-state index in [2.05, 4.69) is 0 Å². The van der Waals surface area contributed by atoms with Crippen LogP contribution in [0.15, 0.2) is 12.1 Å². The molecule has 0 aromatic heterocycles. The maximum atomic E-state index is 13.1. The smallest absolute Gasteiger partial charge is 0.335 e. The van der Waals surface area contributed by atoms with Gasteiger partial charge in [-0.05, 0) is 12.5 Å². The molecule has 1 aliphatic heterocycles. The lowest BCUT2D eigenvalue weighted by atomic mass is 10.0. The normalized spacial score (nSPS) is 18.6. The highest BCUT2D eigenvalue weighted by Crippen LogP contribution is 2.28. The molecular formula is C13H15F2NO7. The summed E-state index contributed by atoms with van der Waals surface area (Å²) in [6.07, 6.45) is -4.07. The van der Waals surface area contributed by atoms with Gasteiger partial charge in [0.1, 0.15) is 12.4 Å². The van der Waals surface area contributed by atoms with Gasteiger partial charge in [-0.25, -0.2) is 18.4 Å². The summed E-state index contributed by atoms with van der Waals surface area (Å²) in [5, 5.41) is 32.5. The van der Waals surface area contributed by atoms with Crippen molar-refractivity contribution >= 4 is 11.9 Å². The van der Waals surface area contributed by atoms with E-state index in [9.17, 15) is 18.4 Å². The number of fused-ring (bicyclic) bond motifs is 1. The summed E-state index contributed by atoms with van der Waals surface area (Å²) in [4.78, 5) is 19.5. The van der Waals surface area contributed by atoms with E-state index in [0.29, 0.717) is 12.0 Å². The number of aliphatic carboxylic acids is 2. The van der Waals surface area contributed by atoms with Crippen molar-refractivity contribution in [2.75, 3.05) is 6.61 Å². The first kappa shape index (κ1) is 18.7.